The van der Waals surface area contributed by atoms with Gasteiger partial charge in [0, 0.05) is 6.42 Å². The topological polar surface area (TPSA) is 100 Å². The molecule has 8 nitrogen and oxygen atoms in total. The Morgan fingerprint density at radius 2 is 1.71 bits per heavy atom. The van der Waals surface area contributed by atoms with Crippen molar-refractivity contribution in [2.75, 3.05) is 13.2 Å². The Balaban J connectivity index is 2.90. The van der Waals surface area contributed by atoms with E-state index >= 15 is 0 Å². The van der Waals surface area contributed by atoms with Gasteiger partial charge in [-0.1, -0.05) is 62.7 Å². The Hall–Kier alpha value is -2.78. The summed E-state index contributed by atoms with van der Waals surface area (Å²) in [6.45, 7) is 21.8. The van der Waals surface area contributed by atoms with E-state index in [1.54, 1.807) is 39.0 Å². The van der Waals surface area contributed by atoms with Gasteiger partial charge in [-0.3, -0.25) is 9.59 Å². The number of esters is 2. The number of hydrogen-bond acceptors (Lipinski definition) is 7. The Bertz CT molecular complexity index is 1090. The zero-order valence-electron chi connectivity index (χ0n) is 26.1. The van der Waals surface area contributed by atoms with Crippen molar-refractivity contribution in [3.8, 4) is 5.75 Å². The van der Waals surface area contributed by atoms with Crippen LogP contribution in [0.25, 0.3) is 0 Å². The molecule has 0 aliphatic carbocycles. The zero-order chi connectivity index (χ0) is 31.4. The Morgan fingerprint density at radius 1 is 1.05 bits per heavy atom. The van der Waals surface area contributed by atoms with Crippen LogP contribution in [0.4, 0.5) is 4.79 Å². The van der Waals surface area contributed by atoms with Crippen molar-refractivity contribution in [3.63, 3.8) is 0 Å². The summed E-state index contributed by atoms with van der Waals surface area (Å²) >= 11 is 6.61. The standard InChI is InChI=1S/C31H48ClNO7Si/c1-11-18-37-27(34)17-14-22(2)13-12-19-38-28(35)21-25(33-29(36)39-30(3,4)5)23-15-16-26(24(32)20-23)40-41(9,10)31(6,7)8/h11,13,15-16,20,25H,1,12,14,17-19,21H2,2-10H3,(H,33,36)/b22-13+/t25-/m1/s1. The van der Waals surface area contributed by atoms with E-state index in [1.165, 1.54) is 6.08 Å². The molecule has 1 aromatic rings. The fourth-order valence-corrected chi connectivity index (χ4v) is 4.60. The summed E-state index contributed by atoms with van der Waals surface area (Å²) in [5.74, 6) is -0.202. The summed E-state index contributed by atoms with van der Waals surface area (Å²) in [6.07, 6.45) is 4.00. The smallest absolute Gasteiger partial charge is 0.408 e. The number of carbonyl (C=O) groups is 3. The first kappa shape index (κ1) is 36.2. The van der Waals surface area contributed by atoms with Gasteiger partial charge in [0.1, 0.15) is 18.0 Å². The van der Waals surface area contributed by atoms with Crippen molar-refractivity contribution in [3.05, 3.63) is 53.1 Å². The SMILES string of the molecule is C=CCOC(=O)CC/C(C)=C/CCOC(=O)C[C@@H](NC(=O)OC(C)(C)C)c1ccc(O[Si](C)(C)C(C)(C)C)c(Cl)c1. The molecular formula is C31H48ClNO7Si. The second-order valence-corrected chi connectivity index (χ2v) is 17.6. The van der Waals surface area contributed by atoms with E-state index in [1.807, 2.05) is 13.0 Å². The molecule has 0 fully saturated rings. The Labute approximate surface area is 251 Å². The first-order chi connectivity index (χ1) is 18.8. The van der Waals surface area contributed by atoms with Gasteiger partial charge in [0.2, 0.25) is 0 Å². The van der Waals surface area contributed by atoms with Crippen LogP contribution in [0.3, 0.4) is 0 Å². The monoisotopic (exact) mass is 609 g/mol. The lowest BCUT2D eigenvalue weighted by atomic mass is 10.0. The third-order valence-corrected chi connectivity index (χ3v) is 11.2. The lowest BCUT2D eigenvalue weighted by Gasteiger charge is -2.36. The normalized spacial score (nSPS) is 13.2. The zero-order valence-corrected chi connectivity index (χ0v) is 27.9. The molecule has 0 radical (unpaired) electrons. The van der Waals surface area contributed by atoms with Gasteiger partial charge in [-0.05, 0) is 76.4 Å². The molecule has 0 heterocycles. The van der Waals surface area contributed by atoms with Gasteiger partial charge >= 0.3 is 18.0 Å². The number of nitrogens with one attached hydrogen (secondary N) is 1. The number of ether oxygens (including phenoxy) is 3. The van der Waals surface area contributed by atoms with Crippen molar-refractivity contribution >= 4 is 38.0 Å². The van der Waals surface area contributed by atoms with Gasteiger partial charge in [0.15, 0.2) is 0 Å². The molecule has 41 heavy (non-hydrogen) atoms. The average Bonchev–Trinajstić information content (AvgIpc) is 2.83. The van der Waals surface area contributed by atoms with Crippen LogP contribution in [0.1, 0.15) is 85.8 Å². The minimum absolute atomic E-state index is 0.00938. The molecule has 0 aliphatic heterocycles. The molecule has 1 N–H and O–H groups in total. The maximum atomic E-state index is 12.7. The fraction of sp³-hybridized carbons (Fsp3) is 0.581. The van der Waals surface area contributed by atoms with Crippen LogP contribution in [0.15, 0.2) is 42.5 Å². The highest BCUT2D eigenvalue weighted by Gasteiger charge is 2.39. The van der Waals surface area contributed by atoms with Crippen molar-refractivity contribution in [2.45, 2.75) is 104 Å². The average molecular weight is 610 g/mol. The number of benzene rings is 1. The molecule has 0 aromatic heterocycles. The predicted octanol–water partition coefficient (Wildman–Crippen LogP) is 8.07. The van der Waals surface area contributed by atoms with Gasteiger partial charge < -0.3 is 24.0 Å². The fourth-order valence-electron chi connectivity index (χ4n) is 3.28. The van der Waals surface area contributed by atoms with Crippen LogP contribution in [0.5, 0.6) is 5.75 Å². The van der Waals surface area contributed by atoms with E-state index in [9.17, 15) is 14.4 Å². The first-order valence-electron chi connectivity index (χ1n) is 13.9. The molecule has 0 saturated heterocycles. The summed E-state index contributed by atoms with van der Waals surface area (Å²) in [5.41, 5.74) is 0.912. The maximum Gasteiger partial charge on any atom is 0.408 e. The molecule has 1 rings (SSSR count). The molecule has 230 valence electrons. The van der Waals surface area contributed by atoms with E-state index < -0.39 is 32.0 Å². The van der Waals surface area contributed by atoms with Crippen LogP contribution in [0.2, 0.25) is 23.2 Å². The third-order valence-electron chi connectivity index (χ3n) is 6.55. The summed E-state index contributed by atoms with van der Waals surface area (Å²) in [6, 6.07) is 4.53. The minimum Gasteiger partial charge on any atom is -0.543 e. The molecule has 1 atom stereocenters. The molecule has 0 saturated carbocycles. The summed E-state index contributed by atoms with van der Waals surface area (Å²) in [4.78, 5) is 37.0. The highest BCUT2D eigenvalue weighted by Crippen LogP contribution is 2.40. The van der Waals surface area contributed by atoms with Crippen LogP contribution in [-0.2, 0) is 23.8 Å². The van der Waals surface area contributed by atoms with Crippen LogP contribution >= 0.6 is 11.6 Å². The first-order valence-corrected chi connectivity index (χ1v) is 17.2. The Kier molecular flexibility index (Phi) is 14.2. The van der Waals surface area contributed by atoms with E-state index in [0.29, 0.717) is 29.2 Å². The summed E-state index contributed by atoms with van der Waals surface area (Å²) < 4.78 is 22.2. The van der Waals surface area contributed by atoms with E-state index in [-0.39, 0.29) is 37.1 Å². The number of halogens is 1. The molecule has 0 unspecified atom stereocenters. The number of hydrogen-bond donors (Lipinski definition) is 1. The maximum absolute atomic E-state index is 12.7. The lowest BCUT2D eigenvalue weighted by Crippen LogP contribution is -2.43. The quantitative estimate of drug-likeness (QED) is 0.0748. The molecule has 0 spiro atoms. The minimum atomic E-state index is -2.12. The van der Waals surface area contributed by atoms with E-state index in [4.69, 9.17) is 30.2 Å². The summed E-state index contributed by atoms with van der Waals surface area (Å²) in [5, 5.41) is 3.16. The molecule has 0 bridgehead atoms. The molecule has 1 amide bonds. The lowest BCUT2D eigenvalue weighted by molar-refractivity contribution is -0.144. The number of alkyl carbamates (subject to hydrolysis) is 1. The molecule has 10 heteroatoms. The van der Waals surface area contributed by atoms with Gasteiger partial charge in [0.05, 0.1) is 24.1 Å². The molecule has 1 aromatic carbocycles. The van der Waals surface area contributed by atoms with Gasteiger partial charge in [0.25, 0.3) is 8.32 Å². The second kappa shape index (κ2) is 16.0. The summed E-state index contributed by atoms with van der Waals surface area (Å²) in [7, 11) is -2.12. The second-order valence-electron chi connectivity index (χ2n) is 12.5. The van der Waals surface area contributed by atoms with Crippen molar-refractivity contribution in [1.82, 2.24) is 5.32 Å². The van der Waals surface area contributed by atoms with Crippen LogP contribution in [0, 0.1) is 0 Å². The van der Waals surface area contributed by atoms with Gasteiger partial charge in [-0.2, -0.15) is 0 Å². The highest BCUT2D eigenvalue weighted by molar-refractivity contribution is 6.74. The van der Waals surface area contributed by atoms with Crippen molar-refractivity contribution < 1.29 is 33.0 Å². The third kappa shape index (κ3) is 14.1. The van der Waals surface area contributed by atoms with E-state index in [2.05, 4.69) is 45.8 Å². The highest BCUT2D eigenvalue weighted by atomic mass is 35.5. The number of allylic oxidation sites excluding steroid dienone is 1. The van der Waals surface area contributed by atoms with Gasteiger partial charge in [-0.15, -0.1) is 0 Å². The van der Waals surface area contributed by atoms with Crippen molar-refractivity contribution in [1.29, 1.82) is 0 Å². The molecular weight excluding hydrogens is 562 g/mol. The van der Waals surface area contributed by atoms with Gasteiger partial charge in [-0.25, -0.2) is 4.79 Å². The number of carbonyl (C=O) groups excluding carboxylic acids is 3. The Morgan fingerprint density at radius 3 is 2.27 bits per heavy atom. The van der Waals surface area contributed by atoms with Crippen LogP contribution in [-0.4, -0.2) is 45.2 Å². The molecule has 0 aliphatic rings. The van der Waals surface area contributed by atoms with Crippen molar-refractivity contribution in [2.24, 2.45) is 0 Å². The largest absolute Gasteiger partial charge is 0.543 e. The number of amides is 1. The van der Waals surface area contributed by atoms with E-state index in [0.717, 1.165) is 5.57 Å². The predicted molar refractivity (Wildman–Crippen MR) is 166 cm³/mol. The number of rotatable bonds is 14. The van der Waals surface area contributed by atoms with Crippen LogP contribution < -0.4 is 9.74 Å².